The molecule has 188 valence electrons. The van der Waals surface area contributed by atoms with Gasteiger partial charge >= 0.3 is 5.97 Å². The monoisotopic (exact) mass is 497 g/mol. The van der Waals surface area contributed by atoms with Crippen LogP contribution in [0.15, 0.2) is 72.9 Å². The molecule has 8 heteroatoms. The summed E-state index contributed by atoms with van der Waals surface area (Å²) in [7, 11) is 1.59. The van der Waals surface area contributed by atoms with Gasteiger partial charge in [-0.1, -0.05) is 61.5 Å². The summed E-state index contributed by atoms with van der Waals surface area (Å²) in [5, 5.41) is 13.1. The number of likely N-dealkylation sites (N-methyl/N-ethyl adjacent to an activating group) is 1. The maximum absolute atomic E-state index is 12.2. The van der Waals surface area contributed by atoms with Crippen molar-refractivity contribution in [1.82, 2.24) is 10.3 Å². The standard InChI is InChI=1S/C20H18N2O.C3H7NO2.C3H8S.CH2O/c1-15-10-11-16(13-18(15)17-7-3-2-4-8-17)14-20(23)22-19-9-5-6-12-21-19;1-4-2-3(5)6;1-3-4-2;1-2/h2-13H,14H2,1H3,(H,21,22,23);4H,2H2,1H3,(H,5,6);3H2,1-2H3;1H2. The molecule has 0 saturated carbocycles. The molecule has 1 heterocycles. The van der Waals surface area contributed by atoms with Crippen molar-refractivity contribution in [3.63, 3.8) is 0 Å². The van der Waals surface area contributed by atoms with Crippen LogP contribution in [0.2, 0.25) is 0 Å². The van der Waals surface area contributed by atoms with Gasteiger partial charge in [-0.15, -0.1) is 0 Å². The van der Waals surface area contributed by atoms with Gasteiger partial charge in [0.25, 0.3) is 0 Å². The number of carboxylic acids is 1. The van der Waals surface area contributed by atoms with Crippen molar-refractivity contribution >= 4 is 36.2 Å². The van der Waals surface area contributed by atoms with E-state index in [9.17, 15) is 9.59 Å². The number of aliphatic carboxylic acids is 1. The lowest BCUT2D eigenvalue weighted by molar-refractivity contribution is -0.135. The molecular weight excluding hydrogens is 462 g/mol. The van der Waals surface area contributed by atoms with Crippen molar-refractivity contribution in [3.05, 3.63) is 84.1 Å². The van der Waals surface area contributed by atoms with Crippen molar-refractivity contribution in [2.24, 2.45) is 0 Å². The summed E-state index contributed by atoms with van der Waals surface area (Å²) in [5.74, 6) is 0.928. The fraction of sp³-hybridized carbons (Fsp3) is 0.259. The van der Waals surface area contributed by atoms with Gasteiger partial charge in [0.2, 0.25) is 5.91 Å². The summed E-state index contributed by atoms with van der Waals surface area (Å²) in [5.41, 5.74) is 4.51. The normalized spacial score (nSPS) is 9.14. The number of nitrogens with zero attached hydrogens (tertiary/aromatic N) is 1. The first kappa shape index (κ1) is 31.5. The molecule has 0 atom stereocenters. The van der Waals surface area contributed by atoms with Crippen LogP contribution < -0.4 is 10.6 Å². The van der Waals surface area contributed by atoms with Crippen molar-refractivity contribution in [2.45, 2.75) is 20.3 Å². The third-order valence-electron chi connectivity index (χ3n) is 4.30. The van der Waals surface area contributed by atoms with E-state index < -0.39 is 5.97 Å². The van der Waals surface area contributed by atoms with E-state index in [1.54, 1.807) is 19.3 Å². The van der Waals surface area contributed by atoms with E-state index in [-0.39, 0.29) is 12.5 Å². The Balaban J connectivity index is 0.000000810. The van der Waals surface area contributed by atoms with Crippen molar-refractivity contribution in [3.8, 4) is 11.1 Å². The highest BCUT2D eigenvalue weighted by atomic mass is 32.2. The highest BCUT2D eigenvalue weighted by Gasteiger charge is 2.08. The molecule has 3 rings (SSSR count). The van der Waals surface area contributed by atoms with E-state index in [0.717, 1.165) is 16.7 Å². The van der Waals surface area contributed by atoms with Crippen LogP contribution in [0.3, 0.4) is 0 Å². The first-order valence-electron chi connectivity index (χ1n) is 10.9. The Labute approximate surface area is 212 Å². The molecule has 0 saturated heterocycles. The number of hydrogen-bond acceptors (Lipinski definition) is 6. The minimum atomic E-state index is -0.822. The van der Waals surface area contributed by atoms with E-state index in [2.05, 4.69) is 60.0 Å². The van der Waals surface area contributed by atoms with E-state index in [1.165, 1.54) is 11.3 Å². The molecule has 1 amide bonds. The quantitative estimate of drug-likeness (QED) is 0.434. The number of carbonyl (C=O) groups excluding carboxylic acids is 2. The molecular formula is C27H35N3O4S. The molecule has 35 heavy (non-hydrogen) atoms. The van der Waals surface area contributed by atoms with E-state index in [0.29, 0.717) is 12.2 Å². The minimum absolute atomic E-state index is 0.0417. The maximum Gasteiger partial charge on any atom is 0.317 e. The molecule has 3 N–H and O–H groups in total. The van der Waals surface area contributed by atoms with Gasteiger partial charge in [0.1, 0.15) is 12.6 Å². The molecule has 0 radical (unpaired) electrons. The Kier molecular flexibility index (Phi) is 17.9. The number of amides is 1. The number of nitrogens with one attached hydrogen (secondary N) is 2. The van der Waals surface area contributed by atoms with E-state index >= 15 is 0 Å². The Morgan fingerprint density at radius 1 is 1.03 bits per heavy atom. The lowest BCUT2D eigenvalue weighted by Crippen LogP contribution is -2.16. The van der Waals surface area contributed by atoms with Crippen LogP contribution in [-0.4, -0.2) is 54.4 Å². The first-order chi connectivity index (χ1) is 16.9. The molecule has 7 nitrogen and oxygen atoms in total. The topological polar surface area (TPSA) is 108 Å². The SMILES string of the molecule is C=O.CCSC.CNCC(=O)O.Cc1ccc(CC(=O)Nc2ccccn2)cc1-c1ccccc1. The lowest BCUT2D eigenvalue weighted by atomic mass is 9.97. The number of carbonyl (C=O) groups is 3. The molecule has 0 unspecified atom stereocenters. The molecule has 0 fully saturated rings. The first-order valence-corrected chi connectivity index (χ1v) is 12.3. The average molecular weight is 498 g/mol. The van der Waals surface area contributed by atoms with Gasteiger partial charge in [0, 0.05) is 6.20 Å². The summed E-state index contributed by atoms with van der Waals surface area (Å²) < 4.78 is 0. The molecule has 0 aliphatic heterocycles. The number of aromatic nitrogens is 1. The average Bonchev–Trinajstić information content (AvgIpc) is 2.88. The zero-order valence-corrected chi connectivity index (χ0v) is 21.6. The van der Waals surface area contributed by atoms with Gasteiger partial charge in [-0.2, -0.15) is 11.8 Å². The molecule has 0 bridgehead atoms. The Morgan fingerprint density at radius 2 is 1.66 bits per heavy atom. The number of benzene rings is 2. The van der Waals surface area contributed by atoms with Gasteiger partial charge in [-0.05, 0) is 60.4 Å². The predicted molar refractivity (Wildman–Crippen MR) is 146 cm³/mol. The minimum Gasteiger partial charge on any atom is -0.480 e. The number of carboxylic acid groups (broad SMARTS) is 1. The molecule has 0 aliphatic carbocycles. The molecule has 1 aromatic heterocycles. The molecule has 0 spiro atoms. The van der Waals surface area contributed by atoms with E-state index in [1.807, 2.05) is 54.9 Å². The van der Waals surface area contributed by atoms with Crippen molar-refractivity contribution in [2.75, 3.05) is 30.9 Å². The molecule has 2 aromatic carbocycles. The maximum atomic E-state index is 12.2. The largest absolute Gasteiger partial charge is 0.480 e. The number of aryl methyl sites for hydroxylation is 1. The third kappa shape index (κ3) is 14.4. The Morgan fingerprint density at radius 3 is 2.14 bits per heavy atom. The summed E-state index contributed by atoms with van der Waals surface area (Å²) in [6, 6.07) is 21.8. The summed E-state index contributed by atoms with van der Waals surface area (Å²) in [4.78, 5) is 33.8. The van der Waals surface area contributed by atoms with Gasteiger partial charge in [0.05, 0.1) is 13.0 Å². The zero-order chi connectivity index (χ0) is 26.5. The van der Waals surface area contributed by atoms with Crippen LogP contribution in [0.4, 0.5) is 5.82 Å². The second kappa shape index (κ2) is 19.9. The van der Waals surface area contributed by atoms with Gasteiger partial charge in [0.15, 0.2) is 0 Å². The number of anilines is 1. The number of hydrogen-bond donors (Lipinski definition) is 3. The number of rotatable bonds is 7. The van der Waals surface area contributed by atoms with Gasteiger partial charge in [-0.25, -0.2) is 4.98 Å². The lowest BCUT2D eigenvalue weighted by Gasteiger charge is -2.09. The molecule has 3 aromatic rings. The van der Waals surface area contributed by atoms with Crippen LogP contribution in [0.5, 0.6) is 0 Å². The fourth-order valence-corrected chi connectivity index (χ4v) is 2.67. The van der Waals surface area contributed by atoms with Crippen molar-refractivity contribution in [1.29, 1.82) is 0 Å². The smallest absolute Gasteiger partial charge is 0.317 e. The summed E-state index contributed by atoms with van der Waals surface area (Å²) >= 11 is 1.86. The van der Waals surface area contributed by atoms with Crippen LogP contribution in [0.25, 0.3) is 11.1 Å². The third-order valence-corrected chi connectivity index (χ3v) is 4.88. The second-order valence-electron chi connectivity index (χ2n) is 6.96. The molecule has 0 aliphatic rings. The van der Waals surface area contributed by atoms with Crippen LogP contribution >= 0.6 is 11.8 Å². The van der Waals surface area contributed by atoms with Crippen molar-refractivity contribution < 1.29 is 19.5 Å². The number of thioether (sulfide) groups is 1. The second-order valence-corrected chi connectivity index (χ2v) is 8.11. The Bertz CT molecular complexity index is 984. The van der Waals surface area contributed by atoms with Crippen LogP contribution in [-0.2, 0) is 20.8 Å². The summed E-state index contributed by atoms with van der Waals surface area (Å²) in [6.45, 7) is 6.27. The highest BCUT2D eigenvalue weighted by molar-refractivity contribution is 7.98. The van der Waals surface area contributed by atoms with E-state index in [4.69, 9.17) is 9.90 Å². The highest BCUT2D eigenvalue weighted by Crippen LogP contribution is 2.24. The zero-order valence-electron chi connectivity index (χ0n) is 20.8. The van der Waals surface area contributed by atoms with Gasteiger partial charge < -0.3 is 20.5 Å². The van der Waals surface area contributed by atoms with Crippen LogP contribution in [0, 0.1) is 6.92 Å². The summed E-state index contributed by atoms with van der Waals surface area (Å²) in [6.07, 6.45) is 4.09. The number of pyridine rings is 1. The fourth-order valence-electron chi connectivity index (χ4n) is 2.67. The van der Waals surface area contributed by atoms with Crippen LogP contribution in [0.1, 0.15) is 18.1 Å². The predicted octanol–water partition coefficient (Wildman–Crippen LogP) is 4.71. The Hall–Kier alpha value is -3.49. The van der Waals surface area contributed by atoms with Gasteiger partial charge in [-0.3, -0.25) is 9.59 Å².